The number of carboxylic acids is 1. The molecule has 0 saturated heterocycles. The lowest BCUT2D eigenvalue weighted by Crippen LogP contribution is -2.00. The molecule has 92 valence electrons. The van der Waals surface area contributed by atoms with Gasteiger partial charge in [0.15, 0.2) is 0 Å². The van der Waals surface area contributed by atoms with Gasteiger partial charge in [-0.05, 0) is 40.2 Å². The van der Waals surface area contributed by atoms with Gasteiger partial charge in [-0.2, -0.15) is 0 Å². The van der Waals surface area contributed by atoms with Gasteiger partial charge in [-0.15, -0.1) is 0 Å². The molecule has 0 bridgehead atoms. The lowest BCUT2D eigenvalue weighted by Gasteiger charge is -2.07. The van der Waals surface area contributed by atoms with Crippen LogP contribution < -0.4 is 4.74 Å². The zero-order valence-corrected chi connectivity index (χ0v) is 10.9. The van der Waals surface area contributed by atoms with Crippen molar-refractivity contribution in [3.8, 4) is 5.75 Å². The van der Waals surface area contributed by atoms with Crippen LogP contribution in [0, 0.1) is 0 Å². The first-order valence-corrected chi connectivity index (χ1v) is 6.00. The van der Waals surface area contributed by atoms with Gasteiger partial charge in [-0.1, -0.05) is 6.07 Å². The van der Waals surface area contributed by atoms with Gasteiger partial charge in [0.2, 0.25) is 0 Å². The third-order valence-corrected chi connectivity index (χ3v) is 2.99. The normalized spacial score (nSPS) is 10.1. The second kappa shape index (κ2) is 5.64. The highest BCUT2D eigenvalue weighted by Gasteiger charge is 2.09. The Hall–Kier alpha value is -1.88. The summed E-state index contributed by atoms with van der Waals surface area (Å²) >= 11 is 3.18. The largest absolute Gasteiger partial charge is 0.489 e. The Morgan fingerprint density at radius 1 is 1.39 bits per heavy atom. The molecule has 0 saturated carbocycles. The molecule has 0 aliphatic heterocycles. The molecule has 0 unspecified atom stereocenters. The number of carbonyl (C=O) groups is 1. The van der Waals surface area contributed by atoms with Crippen molar-refractivity contribution < 1.29 is 14.6 Å². The van der Waals surface area contributed by atoms with E-state index in [0.717, 1.165) is 5.56 Å². The van der Waals surface area contributed by atoms with Crippen LogP contribution in [0.4, 0.5) is 0 Å². The SMILES string of the molecule is O=C(O)c1cc(OCc2cccnc2)ccc1Br. The predicted octanol–water partition coefficient (Wildman–Crippen LogP) is 3.12. The number of halogens is 1. The molecule has 4 nitrogen and oxygen atoms in total. The Morgan fingerprint density at radius 2 is 2.22 bits per heavy atom. The van der Waals surface area contributed by atoms with E-state index in [2.05, 4.69) is 20.9 Å². The third kappa shape index (κ3) is 3.07. The molecule has 0 aliphatic carbocycles. The zero-order valence-electron chi connectivity index (χ0n) is 9.34. The molecule has 18 heavy (non-hydrogen) atoms. The number of rotatable bonds is 4. The summed E-state index contributed by atoms with van der Waals surface area (Å²) in [6, 6.07) is 8.57. The van der Waals surface area contributed by atoms with Gasteiger partial charge in [0.25, 0.3) is 0 Å². The molecule has 5 heteroatoms. The third-order valence-electron chi connectivity index (χ3n) is 2.30. The predicted molar refractivity (Wildman–Crippen MR) is 69.7 cm³/mol. The quantitative estimate of drug-likeness (QED) is 0.943. The fraction of sp³-hybridized carbons (Fsp3) is 0.0769. The minimum absolute atomic E-state index is 0.179. The van der Waals surface area contributed by atoms with Crippen molar-refractivity contribution in [1.82, 2.24) is 4.98 Å². The standard InChI is InChI=1S/C13H10BrNO3/c14-12-4-3-10(6-11(12)13(16)17)18-8-9-2-1-5-15-7-9/h1-7H,8H2,(H,16,17). The van der Waals surface area contributed by atoms with E-state index in [1.165, 1.54) is 6.07 Å². The van der Waals surface area contributed by atoms with Crippen molar-refractivity contribution >= 4 is 21.9 Å². The highest BCUT2D eigenvalue weighted by molar-refractivity contribution is 9.10. The maximum Gasteiger partial charge on any atom is 0.336 e. The zero-order chi connectivity index (χ0) is 13.0. The van der Waals surface area contributed by atoms with Crippen LogP contribution in [0.2, 0.25) is 0 Å². The number of benzene rings is 1. The van der Waals surface area contributed by atoms with Crippen LogP contribution in [0.15, 0.2) is 47.2 Å². The molecular weight excluding hydrogens is 298 g/mol. The van der Waals surface area contributed by atoms with Gasteiger partial charge in [0, 0.05) is 22.4 Å². The van der Waals surface area contributed by atoms with E-state index >= 15 is 0 Å². The molecule has 0 atom stereocenters. The summed E-state index contributed by atoms with van der Waals surface area (Å²) < 4.78 is 6.04. The number of nitrogens with zero attached hydrogens (tertiary/aromatic N) is 1. The van der Waals surface area contributed by atoms with Crippen LogP contribution >= 0.6 is 15.9 Å². The highest BCUT2D eigenvalue weighted by atomic mass is 79.9. The van der Waals surface area contributed by atoms with Crippen LogP contribution in [0.1, 0.15) is 15.9 Å². The summed E-state index contributed by atoms with van der Waals surface area (Å²) in [6.07, 6.45) is 3.39. The number of hydrogen-bond donors (Lipinski definition) is 1. The molecule has 2 rings (SSSR count). The number of hydrogen-bond acceptors (Lipinski definition) is 3. The molecule has 2 aromatic rings. The molecule has 0 aliphatic rings. The van der Waals surface area contributed by atoms with E-state index in [1.54, 1.807) is 24.5 Å². The van der Waals surface area contributed by atoms with Gasteiger partial charge in [0.1, 0.15) is 12.4 Å². The second-order valence-electron chi connectivity index (χ2n) is 3.60. The lowest BCUT2D eigenvalue weighted by molar-refractivity contribution is 0.0695. The Kier molecular flexibility index (Phi) is 3.94. The first kappa shape index (κ1) is 12.6. The van der Waals surface area contributed by atoms with E-state index in [0.29, 0.717) is 16.8 Å². The Bertz CT molecular complexity index is 557. The second-order valence-corrected chi connectivity index (χ2v) is 4.45. The number of aromatic carboxylic acids is 1. The van der Waals surface area contributed by atoms with Gasteiger partial charge in [-0.25, -0.2) is 4.79 Å². The van der Waals surface area contributed by atoms with Crippen molar-refractivity contribution in [3.05, 3.63) is 58.3 Å². The van der Waals surface area contributed by atoms with Crippen LogP contribution in [0.25, 0.3) is 0 Å². The van der Waals surface area contributed by atoms with Crippen LogP contribution in [0.5, 0.6) is 5.75 Å². The van der Waals surface area contributed by atoms with Gasteiger partial charge >= 0.3 is 5.97 Å². The summed E-state index contributed by atoms with van der Waals surface area (Å²) in [6.45, 7) is 0.356. The molecule has 1 heterocycles. The Labute approximate surface area is 112 Å². The van der Waals surface area contributed by atoms with Crippen molar-refractivity contribution in [3.63, 3.8) is 0 Å². The maximum atomic E-state index is 11.0. The van der Waals surface area contributed by atoms with Crippen molar-refractivity contribution in [2.24, 2.45) is 0 Å². The van der Waals surface area contributed by atoms with E-state index in [-0.39, 0.29) is 5.56 Å². The van der Waals surface area contributed by atoms with E-state index in [9.17, 15) is 4.79 Å². The number of ether oxygens (including phenoxy) is 1. The van der Waals surface area contributed by atoms with E-state index in [4.69, 9.17) is 9.84 Å². The first-order chi connectivity index (χ1) is 8.66. The smallest absolute Gasteiger partial charge is 0.336 e. The van der Waals surface area contributed by atoms with Gasteiger partial charge in [-0.3, -0.25) is 4.98 Å². The highest BCUT2D eigenvalue weighted by Crippen LogP contribution is 2.23. The summed E-state index contributed by atoms with van der Waals surface area (Å²) in [7, 11) is 0. The Morgan fingerprint density at radius 3 is 2.89 bits per heavy atom. The molecule has 1 aromatic carbocycles. The molecule has 1 N–H and O–H groups in total. The fourth-order valence-corrected chi connectivity index (χ4v) is 1.82. The summed E-state index contributed by atoms with van der Waals surface area (Å²) in [5, 5.41) is 8.98. The molecular formula is C13H10BrNO3. The van der Waals surface area contributed by atoms with Gasteiger partial charge < -0.3 is 9.84 Å². The van der Waals surface area contributed by atoms with Crippen molar-refractivity contribution in [2.75, 3.05) is 0 Å². The minimum atomic E-state index is -0.992. The van der Waals surface area contributed by atoms with Crippen LogP contribution in [0.3, 0.4) is 0 Å². The summed E-state index contributed by atoms with van der Waals surface area (Å²) in [5.41, 5.74) is 1.11. The minimum Gasteiger partial charge on any atom is -0.489 e. The lowest BCUT2D eigenvalue weighted by atomic mass is 10.2. The molecule has 1 aromatic heterocycles. The number of pyridine rings is 1. The van der Waals surface area contributed by atoms with E-state index in [1.807, 2.05) is 12.1 Å². The van der Waals surface area contributed by atoms with Crippen LogP contribution in [-0.4, -0.2) is 16.1 Å². The fourth-order valence-electron chi connectivity index (χ4n) is 1.41. The maximum absolute atomic E-state index is 11.0. The van der Waals surface area contributed by atoms with Crippen LogP contribution in [-0.2, 0) is 6.61 Å². The first-order valence-electron chi connectivity index (χ1n) is 5.21. The average Bonchev–Trinajstić information content (AvgIpc) is 2.38. The molecule has 0 spiro atoms. The summed E-state index contributed by atoms with van der Waals surface area (Å²) in [4.78, 5) is 14.9. The van der Waals surface area contributed by atoms with Crippen molar-refractivity contribution in [2.45, 2.75) is 6.61 Å². The monoisotopic (exact) mass is 307 g/mol. The number of aromatic nitrogens is 1. The molecule has 0 fully saturated rings. The number of carboxylic acid groups (broad SMARTS) is 1. The molecule has 0 amide bonds. The van der Waals surface area contributed by atoms with Crippen molar-refractivity contribution in [1.29, 1.82) is 0 Å². The molecule has 0 radical (unpaired) electrons. The Balaban J connectivity index is 2.11. The summed E-state index contributed by atoms with van der Waals surface area (Å²) in [5.74, 6) is -0.479. The average molecular weight is 308 g/mol. The van der Waals surface area contributed by atoms with E-state index < -0.39 is 5.97 Å². The topological polar surface area (TPSA) is 59.4 Å². The van der Waals surface area contributed by atoms with Gasteiger partial charge in [0.05, 0.1) is 5.56 Å².